The predicted molar refractivity (Wildman–Crippen MR) is 48.9 cm³/mol. The van der Waals surface area contributed by atoms with Crippen LogP contribution in [-0.4, -0.2) is 17.0 Å². The minimum atomic E-state index is 0.306. The second kappa shape index (κ2) is 3.00. The van der Waals surface area contributed by atoms with Crippen LogP contribution in [0, 0.1) is 0 Å². The fourth-order valence-corrected chi connectivity index (χ4v) is 0.804. The number of halogens is 1. The zero-order valence-electron chi connectivity index (χ0n) is 5.45. The van der Waals surface area contributed by atoms with Crippen molar-refractivity contribution in [2.24, 2.45) is 0 Å². The average Bonchev–Trinajstić information content (AvgIpc) is 1.88. The Morgan fingerprint density at radius 1 is 1.70 bits per heavy atom. The Hall–Kier alpha value is -0.590. The molecule has 54 valence electrons. The van der Waals surface area contributed by atoms with E-state index in [0.717, 1.165) is 5.82 Å². The number of hydrogen-bond donors (Lipinski definition) is 1. The van der Waals surface area contributed by atoms with Crippen LogP contribution < -0.4 is 8.85 Å². The predicted octanol–water partition coefficient (Wildman–Crippen LogP) is 0.845. The third-order valence-corrected chi connectivity index (χ3v) is 1.47. The van der Waals surface area contributed by atoms with Gasteiger partial charge in [-0.2, -0.15) is 4.98 Å². The molecule has 0 aliphatic carbocycles. The second-order valence-electron chi connectivity index (χ2n) is 1.75. The van der Waals surface area contributed by atoms with E-state index >= 15 is 0 Å². The largest absolute Gasteiger partial charge is 0.368 e. The fraction of sp³-hybridized carbons (Fsp3) is 0.200. The molecule has 0 aliphatic heterocycles. The maximum Gasteiger partial charge on any atom is 0.221 e. The van der Waals surface area contributed by atoms with Gasteiger partial charge in [0.25, 0.3) is 0 Å². The standard InChI is InChI=1S/C5H7IN4/c1-10(6)4-2-3-8-5(7)9-4/h2-3H,1H3,(H2,7,8,9). The Morgan fingerprint density at radius 2 is 2.40 bits per heavy atom. The molecule has 0 unspecified atom stereocenters. The van der Waals surface area contributed by atoms with Gasteiger partial charge < -0.3 is 8.85 Å². The Bertz CT molecular complexity index is 225. The molecule has 10 heavy (non-hydrogen) atoms. The van der Waals surface area contributed by atoms with E-state index in [0.29, 0.717) is 5.95 Å². The molecule has 0 spiro atoms. The lowest BCUT2D eigenvalue weighted by atomic mass is 10.6. The van der Waals surface area contributed by atoms with Gasteiger partial charge in [-0.25, -0.2) is 4.98 Å². The second-order valence-corrected chi connectivity index (χ2v) is 3.20. The van der Waals surface area contributed by atoms with Crippen molar-refractivity contribution in [1.82, 2.24) is 9.97 Å². The van der Waals surface area contributed by atoms with Crippen LogP contribution in [0.15, 0.2) is 12.3 Å². The molecule has 0 aromatic carbocycles. The lowest BCUT2D eigenvalue weighted by Gasteiger charge is -2.06. The van der Waals surface area contributed by atoms with Gasteiger partial charge in [-0.3, -0.25) is 0 Å². The molecule has 1 rings (SSSR count). The summed E-state index contributed by atoms with van der Waals surface area (Å²) in [5.74, 6) is 1.12. The summed E-state index contributed by atoms with van der Waals surface area (Å²) in [6.07, 6.45) is 1.63. The molecule has 0 atom stereocenters. The highest BCUT2D eigenvalue weighted by molar-refractivity contribution is 14.1. The summed E-state index contributed by atoms with van der Waals surface area (Å²) >= 11 is 2.11. The van der Waals surface area contributed by atoms with E-state index in [-0.39, 0.29) is 0 Å². The van der Waals surface area contributed by atoms with Crippen molar-refractivity contribution in [2.75, 3.05) is 15.9 Å². The summed E-state index contributed by atoms with van der Waals surface area (Å²) in [6, 6.07) is 1.79. The number of hydrogen-bond acceptors (Lipinski definition) is 4. The first-order chi connectivity index (χ1) is 4.70. The molecule has 1 aromatic heterocycles. The van der Waals surface area contributed by atoms with Crippen molar-refractivity contribution < 1.29 is 0 Å². The molecule has 0 radical (unpaired) electrons. The van der Waals surface area contributed by atoms with Crippen LogP contribution in [0.25, 0.3) is 0 Å². The van der Waals surface area contributed by atoms with Crippen molar-refractivity contribution >= 4 is 34.6 Å². The van der Waals surface area contributed by atoms with Crippen LogP contribution >= 0.6 is 22.9 Å². The summed E-state index contributed by atoms with van der Waals surface area (Å²) in [5, 5.41) is 0. The number of nitrogen functional groups attached to an aromatic ring is 1. The smallest absolute Gasteiger partial charge is 0.221 e. The third kappa shape index (κ3) is 1.69. The Kier molecular flexibility index (Phi) is 2.25. The molecule has 0 saturated heterocycles. The van der Waals surface area contributed by atoms with E-state index in [1.54, 1.807) is 12.3 Å². The Labute approximate surface area is 73.0 Å². The molecule has 2 N–H and O–H groups in total. The zero-order valence-corrected chi connectivity index (χ0v) is 7.61. The summed E-state index contributed by atoms with van der Waals surface area (Å²) in [4.78, 5) is 7.72. The van der Waals surface area contributed by atoms with Gasteiger partial charge >= 0.3 is 0 Å². The maximum absolute atomic E-state index is 5.34. The Balaban J connectivity index is 2.96. The van der Waals surface area contributed by atoms with E-state index < -0.39 is 0 Å². The third-order valence-electron chi connectivity index (χ3n) is 0.975. The van der Waals surface area contributed by atoms with Crippen molar-refractivity contribution in [1.29, 1.82) is 0 Å². The lowest BCUT2D eigenvalue weighted by Crippen LogP contribution is -2.04. The molecule has 5 heteroatoms. The molecule has 0 fully saturated rings. The number of anilines is 2. The summed E-state index contributed by atoms with van der Waals surface area (Å²) < 4.78 is 1.84. The first kappa shape index (κ1) is 7.52. The summed E-state index contributed by atoms with van der Waals surface area (Å²) in [7, 11) is 1.89. The molecule has 0 bridgehead atoms. The topological polar surface area (TPSA) is 55.0 Å². The van der Waals surface area contributed by atoms with E-state index in [1.807, 2.05) is 10.2 Å². The fourth-order valence-electron chi connectivity index (χ4n) is 0.535. The van der Waals surface area contributed by atoms with Gasteiger partial charge in [0.1, 0.15) is 5.82 Å². The summed E-state index contributed by atoms with van der Waals surface area (Å²) in [6.45, 7) is 0. The van der Waals surface area contributed by atoms with Crippen molar-refractivity contribution in [2.45, 2.75) is 0 Å². The summed E-state index contributed by atoms with van der Waals surface area (Å²) in [5.41, 5.74) is 5.34. The maximum atomic E-state index is 5.34. The average molecular weight is 250 g/mol. The molecular formula is C5H7IN4. The van der Waals surface area contributed by atoms with E-state index in [9.17, 15) is 0 Å². The van der Waals surface area contributed by atoms with Crippen LogP contribution in [0.1, 0.15) is 0 Å². The van der Waals surface area contributed by atoms with Crippen molar-refractivity contribution in [3.63, 3.8) is 0 Å². The van der Waals surface area contributed by atoms with Crippen LogP contribution in [0.4, 0.5) is 11.8 Å². The van der Waals surface area contributed by atoms with Crippen LogP contribution in [0.5, 0.6) is 0 Å². The van der Waals surface area contributed by atoms with Gasteiger partial charge in [-0.15, -0.1) is 0 Å². The molecule has 1 heterocycles. The van der Waals surface area contributed by atoms with Gasteiger partial charge in [0.15, 0.2) is 0 Å². The first-order valence-electron chi connectivity index (χ1n) is 2.68. The highest BCUT2D eigenvalue weighted by atomic mass is 127. The van der Waals surface area contributed by atoms with Gasteiger partial charge in [-0.05, 0) is 6.07 Å². The number of rotatable bonds is 1. The van der Waals surface area contributed by atoms with Gasteiger partial charge in [0, 0.05) is 13.2 Å². The number of nitrogens with zero attached hydrogens (tertiary/aromatic N) is 3. The minimum absolute atomic E-state index is 0.306. The number of aromatic nitrogens is 2. The van der Waals surface area contributed by atoms with Gasteiger partial charge in [0.2, 0.25) is 5.95 Å². The molecule has 4 nitrogen and oxygen atoms in total. The monoisotopic (exact) mass is 250 g/mol. The van der Waals surface area contributed by atoms with Gasteiger partial charge in [0.05, 0.1) is 22.9 Å². The minimum Gasteiger partial charge on any atom is -0.368 e. The number of nitrogens with two attached hydrogens (primary N) is 1. The molecule has 0 saturated carbocycles. The van der Waals surface area contributed by atoms with Crippen molar-refractivity contribution in [3.8, 4) is 0 Å². The van der Waals surface area contributed by atoms with E-state index in [2.05, 4.69) is 32.8 Å². The van der Waals surface area contributed by atoms with Gasteiger partial charge in [-0.1, -0.05) is 0 Å². The molecular weight excluding hydrogens is 243 g/mol. The van der Waals surface area contributed by atoms with Crippen LogP contribution in [0.2, 0.25) is 0 Å². The molecule has 1 aromatic rings. The normalized spacial score (nSPS) is 9.40. The highest BCUT2D eigenvalue weighted by Crippen LogP contribution is 2.11. The molecule has 0 aliphatic rings. The Morgan fingerprint density at radius 3 is 2.80 bits per heavy atom. The molecule has 0 amide bonds. The first-order valence-corrected chi connectivity index (χ1v) is 3.64. The van der Waals surface area contributed by atoms with E-state index in [4.69, 9.17) is 5.73 Å². The highest BCUT2D eigenvalue weighted by Gasteiger charge is 1.96. The quantitative estimate of drug-likeness (QED) is 0.592. The SMILES string of the molecule is CN(I)c1ccnc(N)n1. The van der Waals surface area contributed by atoms with E-state index in [1.165, 1.54) is 0 Å². The van der Waals surface area contributed by atoms with Crippen LogP contribution in [-0.2, 0) is 0 Å². The van der Waals surface area contributed by atoms with Crippen LogP contribution in [0.3, 0.4) is 0 Å². The zero-order chi connectivity index (χ0) is 7.56. The van der Waals surface area contributed by atoms with Crippen molar-refractivity contribution in [3.05, 3.63) is 12.3 Å². The lowest BCUT2D eigenvalue weighted by molar-refractivity contribution is 1.15.